The minimum Gasteiger partial charge on any atom is -0.479 e. The zero-order valence-corrected chi connectivity index (χ0v) is 5.93. The average Bonchev–Trinajstić information content (AvgIpc) is 1.88. The molecule has 0 rings (SSSR count). The van der Waals surface area contributed by atoms with Crippen molar-refractivity contribution in [1.29, 1.82) is 0 Å². The summed E-state index contributed by atoms with van der Waals surface area (Å²) in [5.74, 6) is -1.56. The molecule has 0 saturated carbocycles. The van der Waals surface area contributed by atoms with Gasteiger partial charge < -0.3 is 10.2 Å². The van der Waals surface area contributed by atoms with Gasteiger partial charge in [-0.05, 0) is 0 Å². The van der Waals surface area contributed by atoms with Crippen LogP contribution in [-0.2, 0) is 4.79 Å². The van der Waals surface area contributed by atoms with Gasteiger partial charge in [0.05, 0.1) is 0 Å². The van der Waals surface area contributed by atoms with Gasteiger partial charge in [0.1, 0.15) is 0 Å². The van der Waals surface area contributed by atoms with Gasteiger partial charge in [-0.15, -0.1) is 0 Å². The summed E-state index contributed by atoms with van der Waals surface area (Å²) in [5, 5.41) is 27.0. The predicted octanol–water partition coefficient (Wildman–Crippen LogP) is -0.513. The standard InChI is InChI=1S/C5H9NO5/c1-2-3(6(10)11)4(7)5(8)9/h3-4,7H,2H2,1H3,(H,8,9)/t3-,4-/m0/s1. The molecule has 11 heavy (non-hydrogen) atoms. The number of aliphatic hydroxyl groups is 1. The van der Waals surface area contributed by atoms with Crippen molar-refractivity contribution in [1.82, 2.24) is 0 Å². The van der Waals surface area contributed by atoms with Crippen LogP contribution in [0.25, 0.3) is 0 Å². The van der Waals surface area contributed by atoms with E-state index in [9.17, 15) is 14.9 Å². The van der Waals surface area contributed by atoms with Gasteiger partial charge in [0.25, 0.3) is 0 Å². The van der Waals surface area contributed by atoms with Crippen molar-refractivity contribution in [2.24, 2.45) is 0 Å². The summed E-state index contributed by atoms with van der Waals surface area (Å²) in [6, 6.07) is -1.41. The smallest absolute Gasteiger partial charge is 0.339 e. The molecule has 0 radical (unpaired) electrons. The molecule has 0 bridgehead atoms. The number of carboxylic acid groups (broad SMARTS) is 1. The summed E-state index contributed by atoms with van der Waals surface area (Å²) in [5.41, 5.74) is 0. The molecule has 0 unspecified atom stereocenters. The largest absolute Gasteiger partial charge is 0.479 e. The van der Waals surface area contributed by atoms with E-state index < -0.39 is 23.0 Å². The lowest BCUT2D eigenvalue weighted by Gasteiger charge is -2.08. The molecule has 0 fully saturated rings. The Balaban J connectivity index is 4.25. The van der Waals surface area contributed by atoms with Gasteiger partial charge in [-0.3, -0.25) is 10.1 Å². The van der Waals surface area contributed by atoms with Gasteiger partial charge in [0.15, 0.2) is 0 Å². The maximum absolute atomic E-state index is 10.1. The second-order valence-electron chi connectivity index (χ2n) is 2.04. The number of rotatable bonds is 4. The number of nitrogens with zero attached hydrogens (tertiary/aromatic N) is 1. The molecule has 0 aromatic carbocycles. The van der Waals surface area contributed by atoms with E-state index in [2.05, 4.69) is 0 Å². The number of nitro groups is 1. The molecule has 0 amide bonds. The minimum atomic E-state index is -1.91. The van der Waals surface area contributed by atoms with Crippen LogP contribution in [0.5, 0.6) is 0 Å². The fourth-order valence-electron chi connectivity index (χ4n) is 0.652. The zero-order chi connectivity index (χ0) is 9.02. The van der Waals surface area contributed by atoms with Crippen molar-refractivity contribution in [2.45, 2.75) is 25.5 Å². The average molecular weight is 163 g/mol. The summed E-state index contributed by atoms with van der Waals surface area (Å²) in [6.45, 7) is 1.44. The van der Waals surface area contributed by atoms with Gasteiger partial charge in [-0.1, -0.05) is 6.92 Å². The third kappa shape index (κ3) is 2.50. The fraction of sp³-hybridized carbons (Fsp3) is 0.800. The molecule has 0 spiro atoms. The summed E-state index contributed by atoms with van der Waals surface area (Å²) in [4.78, 5) is 19.3. The number of hydrogen-bond acceptors (Lipinski definition) is 4. The third-order valence-corrected chi connectivity index (χ3v) is 1.31. The lowest BCUT2D eigenvalue weighted by atomic mass is 10.1. The van der Waals surface area contributed by atoms with Gasteiger partial charge in [0, 0.05) is 11.3 Å². The first-order chi connectivity index (χ1) is 5.00. The van der Waals surface area contributed by atoms with E-state index in [0.29, 0.717) is 0 Å². The van der Waals surface area contributed by atoms with Crippen LogP contribution in [-0.4, -0.2) is 33.3 Å². The highest BCUT2D eigenvalue weighted by Gasteiger charge is 2.33. The van der Waals surface area contributed by atoms with Crippen LogP contribution in [0.4, 0.5) is 0 Å². The Kier molecular flexibility index (Phi) is 3.46. The van der Waals surface area contributed by atoms with Crippen LogP contribution in [0.2, 0.25) is 0 Å². The van der Waals surface area contributed by atoms with Crippen LogP contribution < -0.4 is 0 Å². The Morgan fingerprint density at radius 2 is 2.18 bits per heavy atom. The van der Waals surface area contributed by atoms with Crippen molar-refractivity contribution >= 4 is 5.97 Å². The number of hydrogen-bond donors (Lipinski definition) is 2. The first-order valence-electron chi connectivity index (χ1n) is 3.05. The Morgan fingerprint density at radius 1 is 1.73 bits per heavy atom. The molecule has 2 atom stereocenters. The number of carbonyl (C=O) groups is 1. The van der Waals surface area contributed by atoms with Gasteiger partial charge in [-0.2, -0.15) is 0 Å². The SMILES string of the molecule is CC[C@@H]([C@H](O)C(=O)O)[N+](=O)[O-]. The molecule has 0 saturated heterocycles. The van der Waals surface area contributed by atoms with E-state index in [1.807, 2.05) is 0 Å². The fourth-order valence-corrected chi connectivity index (χ4v) is 0.652. The van der Waals surface area contributed by atoms with E-state index in [1.54, 1.807) is 0 Å². The van der Waals surface area contributed by atoms with Crippen molar-refractivity contribution in [3.63, 3.8) is 0 Å². The van der Waals surface area contributed by atoms with E-state index in [0.717, 1.165) is 0 Å². The molecule has 0 aromatic heterocycles. The molecule has 64 valence electrons. The molecular formula is C5H9NO5. The molecule has 6 heteroatoms. The summed E-state index contributed by atoms with van der Waals surface area (Å²) in [6.07, 6.45) is -1.91. The topological polar surface area (TPSA) is 101 Å². The van der Waals surface area contributed by atoms with E-state index in [-0.39, 0.29) is 6.42 Å². The highest BCUT2D eigenvalue weighted by atomic mass is 16.6. The van der Waals surface area contributed by atoms with E-state index in [4.69, 9.17) is 10.2 Å². The Labute approximate surface area is 62.6 Å². The monoisotopic (exact) mass is 163 g/mol. The van der Waals surface area contributed by atoms with Crippen LogP contribution in [0.3, 0.4) is 0 Å². The van der Waals surface area contributed by atoms with Gasteiger partial charge in [-0.25, -0.2) is 4.79 Å². The molecule has 0 aliphatic rings. The molecule has 2 N–H and O–H groups in total. The lowest BCUT2D eigenvalue weighted by molar-refractivity contribution is -0.531. The highest BCUT2D eigenvalue weighted by Crippen LogP contribution is 2.02. The van der Waals surface area contributed by atoms with Crippen molar-refractivity contribution in [3.05, 3.63) is 10.1 Å². The molecule has 0 aromatic rings. The number of aliphatic hydroxyl groups excluding tert-OH is 1. The maximum atomic E-state index is 10.1. The van der Waals surface area contributed by atoms with Gasteiger partial charge >= 0.3 is 5.97 Å². The maximum Gasteiger partial charge on any atom is 0.339 e. The van der Waals surface area contributed by atoms with Crippen molar-refractivity contribution in [3.8, 4) is 0 Å². The Hall–Kier alpha value is -1.17. The molecule has 0 aliphatic carbocycles. The molecule has 0 aliphatic heterocycles. The quantitative estimate of drug-likeness (QED) is 0.429. The van der Waals surface area contributed by atoms with Gasteiger partial charge in [0.2, 0.25) is 12.1 Å². The number of carboxylic acids is 1. The van der Waals surface area contributed by atoms with Crippen LogP contribution in [0.1, 0.15) is 13.3 Å². The molecular weight excluding hydrogens is 154 g/mol. The second-order valence-corrected chi connectivity index (χ2v) is 2.04. The first kappa shape index (κ1) is 9.83. The van der Waals surface area contributed by atoms with Crippen molar-refractivity contribution in [2.75, 3.05) is 0 Å². The predicted molar refractivity (Wildman–Crippen MR) is 34.7 cm³/mol. The third-order valence-electron chi connectivity index (χ3n) is 1.31. The first-order valence-corrected chi connectivity index (χ1v) is 3.05. The van der Waals surface area contributed by atoms with Crippen molar-refractivity contribution < 1.29 is 19.9 Å². The Bertz CT molecular complexity index is 168. The summed E-state index contributed by atoms with van der Waals surface area (Å²) >= 11 is 0. The normalized spacial score (nSPS) is 15.5. The summed E-state index contributed by atoms with van der Waals surface area (Å²) in [7, 11) is 0. The van der Waals surface area contributed by atoms with E-state index in [1.165, 1.54) is 6.92 Å². The summed E-state index contributed by atoms with van der Waals surface area (Å²) < 4.78 is 0. The van der Waals surface area contributed by atoms with Crippen LogP contribution in [0.15, 0.2) is 0 Å². The van der Waals surface area contributed by atoms with Crippen LogP contribution in [0, 0.1) is 10.1 Å². The minimum absolute atomic E-state index is 0.000463. The van der Waals surface area contributed by atoms with Crippen LogP contribution >= 0.6 is 0 Å². The Morgan fingerprint density at radius 3 is 2.27 bits per heavy atom. The lowest BCUT2D eigenvalue weighted by Crippen LogP contribution is -2.38. The highest BCUT2D eigenvalue weighted by molar-refractivity contribution is 5.72. The molecule has 0 heterocycles. The second kappa shape index (κ2) is 3.87. The van der Waals surface area contributed by atoms with E-state index >= 15 is 0 Å². The number of aliphatic carboxylic acids is 1. The zero-order valence-electron chi connectivity index (χ0n) is 5.93. The molecule has 6 nitrogen and oxygen atoms in total.